The van der Waals surface area contributed by atoms with Crippen molar-refractivity contribution in [2.75, 3.05) is 32.8 Å². The summed E-state index contributed by atoms with van der Waals surface area (Å²) in [5.41, 5.74) is 4.69. The lowest BCUT2D eigenvalue weighted by Crippen LogP contribution is -2.47. The summed E-state index contributed by atoms with van der Waals surface area (Å²) in [6.07, 6.45) is 5.18. The lowest BCUT2D eigenvalue weighted by molar-refractivity contribution is -0.143. The van der Waals surface area contributed by atoms with E-state index in [1.807, 2.05) is 17.9 Å². The van der Waals surface area contributed by atoms with Crippen LogP contribution in [0.25, 0.3) is 0 Å². The van der Waals surface area contributed by atoms with E-state index >= 15 is 0 Å². The fourth-order valence-electron chi connectivity index (χ4n) is 5.88. The highest BCUT2D eigenvalue weighted by Gasteiger charge is 2.36. The SMILES string of the molecule is CC[C@@H](Oc1ccc2c(c1)[C@H](c1ccc(C)cc1)N(C(=O)C1CCCC1)CC2)C(=O)N1CCOCC1. The first kappa shape index (κ1) is 24.8. The number of benzene rings is 2. The molecule has 0 unspecified atom stereocenters. The molecule has 0 bridgehead atoms. The Bertz CT molecular complexity index is 1070. The zero-order valence-electron chi connectivity index (χ0n) is 21.6. The number of ether oxygens (including phenoxy) is 2. The number of hydrogen-bond acceptors (Lipinski definition) is 4. The van der Waals surface area contributed by atoms with Crippen LogP contribution in [0.2, 0.25) is 0 Å². The van der Waals surface area contributed by atoms with Gasteiger partial charge >= 0.3 is 0 Å². The van der Waals surface area contributed by atoms with Crippen LogP contribution in [0.3, 0.4) is 0 Å². The molecule has 2 heterocycles. The molecule has 2 atom stereocenters. The van der Waals surface area contributed by atoms with Crippen molar-refractivity contribution in [3.63, 3.8) is 0 Å². The summed E-state index contributed by atoms with van der Waals surface area (Å²) < 4.78 is 11.7. The van der Waals surface area contributed by atoms with Crippen molar-refractivity contribution in [1.82, 2.24) is 9.80 Å². The fraction of sp³-hybridized carbons (Fsp3) is 0.533. The lowest BCUT2D eigenvalue weighted by Gasteiger charge is -2.39. The van der Waals surface area contributed by atoms with Gasteiger partial charge in [0.1, 0.15) is 5.75 Å². The molecule has 2 aromatic rings. The largest absolute Gasteiger partial charge is 0.481 e. The molecular formula is C30H38N2O4. The zero-order chi connectivity index (χ0) is 25.1. The van der Waals surface area contributed by atoms with Crippen LogP contribution in [0.15, 0.2) is 42.5 Å². The molecular weight excluding hydrogens is 452 g/mol. The number of rotatable bonds is 6. The van der Waals surface area contributed by atoms with Gasteiger partial charge in [0.25, 0.3) is 5.91 Å². The summed E-state index contributed by atoms with van der Waals surface area (Å²) >= 11 is 0. The van der Waals surface area contributed by atoms with E-state index in [1.165, 1.54) is 11.1 Å². The molecule has 5 rings (SSSR count). The predicted octanol–water partition coefficient (Wildman–Crippen LogP) is 4.68. The first-order valence-corrected chi connectivity index (χ1v) is 13.6. The number of amides is 2. The van der Waals surface area contributed by atoms with Crippen molar-refractivity contribution >= 4 is 11.8 Å². The van der Waals surface area contributed by atoms with Gasteiger partial charge in [-0.25, -0.2) is 0 Å². The molecule has 1 aliphatic carbocycles. The summed E-state index contributed by atoms with van der Waals surface area (Å²) in [4.78, 5) is 30.7. The number of carbonyl (C=O) groups excluding carboxylic acids is 2. The summed E-state index contributed by atoms with van der Waals surface area (Å²) in [6, 6.07) is 14.6. The smallest absolute Gasteiger partial charge is 0.263 e. The summed E-state index contributed by atoms with van der Waals surface area (Å²) in [5, 5.41) is 0. The van der Waals surface area contributed by atoms with Crippen LogP contribution in [0.4, 0.5) is 0 Å². The highest BCUT2D eigenvalue weighted by molar-refractivity contribution is 5.82. The number of fused-ring (bicyclic) bond motifs is 1. The van der Waals surface area contributed by atoms with Crippen LogP contribution in [-0.4, -0.2) is 60.6 Å². The molecule has 2 fully saturated rings. The molecule has 0 spiro atoms. The van der Waals surface area contributed by atoms with Gasteiger partial charge in [0.2, 0.25) is 5.91 Å². The minimum Gasteiger partial charge on any atom is -0.481 e. The quantitative estimate of drug-likeness (QED) is 0.590. The van der Waals surface area contributed by atoms with Crippen LogP contribution >= 0.6 is 0 Å². The Labute approximate surface area is 214 Å². The predicted molar refractivity (Wildman–Crippen MR) is 139 cm³/mol. The number of morpholine rings is 1. The van der Waals surface area contributed by atoms with Crippen LogP contribution in [-0.2, 0) is 20.7 Å². The van der Waals surface area contributed by atoms with Crippen molar-refractivity contribution < 1.29 is 19.1 Å². The number of hydrogen-bond donors (Lipinski definition) is 0. The summed E-state index contributed by atoms with van der Waals surface area (Å²) in [6.45, 7) is 7.16. The second-order valence-electron chi connectivity index (χ2n) is 10.4. The van der Waals surface area contributed by atoms with Gasteiger partial charge in [0.05, 0.1) is 19.3 Å². The zero-order valence-corrected chi connectivity index (χ0v) is 21.6. The maximum absolute atomic E-state index is 13.7. The second-order valence-corrected chi connectivity index (χ2v) is 10.4. The fourth-order valence-corrected chi connectivity index (χ4v) is 5.88. The van der Waals surface area contributed by atoms with Crippen LogP contribution < -0.4 is 4.74 Å². The Morgan fingerprint density at radius 2 is 1.75 bits per heavy atom. The molecule has 3 aliphatic rings. The van der Waals surface area contributed by atoms with E-state index in [1.54, 1.807) is 0 Å². The molecule has 36 heavy (non-hydrogen) atoms. The van der Waals surface area contributed by atoms with E-state index in [0.717, 1.165) is 49.8 Å². The standard InChI is InChI=1S/C30H38N2O4/c1-3-27(30(34)31-16-18-35-19-17-31)36-25-13-12-22-14-15-32(29(33)24-6-4-5-7-24)28(26(22)20-25)23-10-8-21(2)9-11-23/h8-13,20,24,27-28H,3-7,14-19H2,1-2H3/t27-,28+/m1/s1. The maximum Gasteiger partial charge on any atom is 0.263 e. The van der Waals surface area contributed by atoms with Crippen molar-refractivity contribution in [2.24, 2.45) is 5.92 Å². The van der Waals surface area contributed by atoms with Gasteiger partial charge in [0, 0.05) is 25.6 Å². The van der Waals surface area contributed by atoms with E-state index in [4.69, 9.17) is 9.47 Å². The third-order valence-corrected chi connectivity index (χ3v) is 7.97. The van der Waals surface area contributed by atoms with Crippen molar-refractivity contribution in [3.8, 4) is 5.75 Å². The lowest BCUT2D eigenvalue weighted by atomic mass is 9.86. The number of nitrogens with zero attached hydrogens (tertiary/aromatic N) is 2. The maximum atomic E-state index is 13.7. The molecule has 2 aromatic carbocycles. The molecule has 0 aromatic heterocycles. The first-order chi connectivity index (χ1) is 17.5. The molecule has 192 valence electrons. The Hall–Kier alpha value is -2.86. The third-order valence-electron chi connectivity index (χ3n) is 7.97. The molecule has 0 N–H and O–H groups in total. The highest BCUT2D eigenvalue weighted by atomic mass is 16.5. The van der Waals surface area contributed by atoms with E-state index in [2.05, 4.69) is 48.2 Å². The van der Waals surface area contributed by atoms with Gasteiger partial charge in [-0.05, 0) is 61.4 Å². The average molecular weight is 491 g/mol. The molecule has 0 radical (unpaired) electrons. The van der Waals surface area contributed by atoms with E-state index in [-0.39, 0.29) is 23.8 Å². The topological polar surface area (TPSA) is 59.1 Å². The van der Waals surface area contributed by atoms with Crippen LogP contribution in [0.1, 0.15) is 67.3 Å². The average Bonchev–Trinajstić information content (AvgIpc) is 3.46. The second kappa shape index (κ2) is 11.0. The first-order valence-electron chi connectivity index (χ1n) is 13.6. The monoisotopic (exact) mass is 490 g/mol. The minimum atomic E-state index is -0.529. The van der Waals surface area contributed by atoms with Gasteiger partial charge < -0.3 is 19.3 Å². The van der Waals surface area contributed by atoms with E-state index < -0.39 is 6.10 Å². The Balaban J connectivity index is 1.45. The summed E-state index contributed by atoms with van der Waals surface area (Å²) in [7, 11) is 0. The van der Waals surface area contributed by atoms with Gasteiger partial charge in [-0.2, -0.15) is 0 Å². The van der Waals surface area contributed by atoms with E-state index in [9.17, 15) is 9.59 Å². The number of carbonyl (C=O) groups is 2. The molecule has 2 amide bonds. The van der Waals surface area contributed by atoms with Crippen molar-refractivity contribution in [2.45, 2.75) is 64.5 Å². The Morgan fingerprint density at radius 3 is 2.44 bits per heavy atom. The molecule has 1 saturated carbocycles. The van der Waals surface area contributed by atoms with Gasteiger partial charge in [0.15, 0.2) is 6.10 Å². The van der Waals surface area contributed by atoms with E-state index in [0.29, 0.717) is 38.5 Å². The molecule has 2 aliphatic heterocycles. The Kier molecular flexibility index (Phi) is 7.61. The molecule has 1 saturated heterocycles. The molecule has 6 heteroatoms. The van der Waals surface area contributed by atoms with Crippen LogP contribution in [0, 0.1) is 12.8 Å². The van der Waals surface area contributed by atoms with Gasteiger partial charge in [-0.15, -0.1) is 0 Å². The van der Waals surface area contributed by atoms with Crippen LogP contribution in [0.5, 0.6) is 5.75 Å². The van der Waals surface area contributed by atoms with Crippen molar-refractivity contribution in [3.05, 3.63) is 64.7 Å². The van der Waals surface area contributed by atoms with Gasteiger partial charge in [-0.3, -0.25) is 9.59 Å². The summed E-state index contributed by atoms with van der Waals surface area (Å²) in [5.74, 6) is 1.12. The van der Waals surface area contributed by atoms with Crippen molar-refractivity contribution in [1.29, 1.82) is 0 Å². The van der Waals surface area contributed by atoms with Gasteiger partial charge in [-0.1, -0.05) is 55.7 Å². The molecule has 6 nitrogen and oxygen atoms in total. The Morgan fingerprint density at radius 1 is 1.03 bits per heavy atom. The third kappa shape index (κ3) is 5.15. The highest BCUT2D eigenvalue weighted by Crippen LogP contribution is 2.40. The minimum absolute atomic E-state index is 0.0200. The normalized spacial score (nSPS) is 21.2. The number of aryl methyl sites for hydroxylation is 1.